The number of carbonyl (C=O) groups excluding carboxylic acids is 1. The van der Waals surface area contributed by atoms with Crippen LogP contribution in [0, 0.1) is 0 Å². The van der Waals surface area contributed by atoms with Crippen LogP contribution in [0.4, 0.5) is 0 Å². The zero-order valence-corrected chi connectivity index (χ0v) is 10.1. The molecule has 11 heteroatoms. The molecule has 0 bridgehead atoms. The minimum Gasteiger partial charge on any atom is -0.387 e. The lowest BCUT2D eigenvalue weighted by atomic mass is 10.1. The predicted octanol–water partition coefficient (Wildman–Crippen LogP) is -3.38. The number of nitrogens with two attached hydrogens (primary N) is 1. The summed E-state index contributed by atoms with van der Waals surface area (Å²) in [4.78, 5) is 27.9. The standard InChI is InChI=1S/C7H15N2O8P/c8-1-4(10)9-7-6(12)5(11)3(17-7)2-16-18(13,14)15/h3,5-7,11-12H,1-2,8H2,(H,9,10)(H2,13,14,15)/t3-,5-,6-,7+/m1/s1. The Balaban J connectivity index is 2.53. The normalized spacial score (nSPS) is 32.5. The molecule has 0 unspecified atom stereocenters. The Kier molecular flexibility index (Phi) is 5.20. The molecule has 10 nitrogen and oxygen atoms in total. The van der Waals surface area contributed by atoms with E-state index in [1.54, 1.807) is 0 Å². The number of phosphoric acid groups is 1. The van der Waals surface area contributed by atoms with Crippen molar-refractivity contribution in [1.29, 1.82) is 0 Å². The number of amides is 1. The Morgan fingerprint density at radius 3 is 2.50 bits per heavy atom. The third-order valence-corrected chi connectivity index (χ3v) is 2.74. The second-order valence-corrected chi connectivity index (χ2v) is 4.87. The highest BCUT2D eigenvalue weighted by Crippen LogP contribution is 2.37. The monoisotopic (exact) mass is 286 g/mol. The molecular formula is C7H15N2O8P. The van der Waals surface area contributed by atoms with Crippen LogP contribution in [0.5, 0.6) is 0 Å². The highest BCUT2D eigenvalue weighted by Gasteiger charge is 2.44. The molecule has 1 saturated heterocycles. The molecule has 0 aromatic rings. The molecule has 1 fully saturated rings. The van der Waals surface area contributed by atoms with Crippen LogP contribution in [0.2, 0.25) is 0 Å². The number of hydrogen-bond acceptors (Lipinski definition) is 7. The maximum Gasteiger partial charge on any atom is 0.469 e. The smallest absolute Gasteiger partial charge is 0.387 e. The molecule has 0 aromatic heterocycles. The summed E-state index contributed by atoms with van der Waals surface area (Å²) in [5.74, 6) is -0.609. The lowest BCUT2D eigenvalue weighted by molar-refractivity contribution is -0.126. The number of hydrogen-bond donors (Lipinski definition) is 6. The molecule has 106 valence electrons. The molecule has 0 spiro atoms. The highest BCUT2D eigenvalue weighted by atomic mass is 31.2. The van der Waals surface area contributed by atoms with Gasteiger partial charge in [-0.05, 0) is 0 Å². The molecule has 1 heterocycles. The van der Waals surface area contributed by atoms with E-state index < -0.39 is 44.9 Å². The van der Waals surface area contributed by atoms with Gasteiger partial charge in [-0.25, -0.2) is 4.57 Å². The number of phosphoric ester groups is 1. The van der Waals surface area contributed by atoms with Gasteiger partial charge in [0.15, 0.2) is 6.23 Å². The lowest BCUT2D eigenvalue weighted by Gasteiger charge is -2.15. The fourth-order valence-electron chi connectivity index (χ4n) is 1.39. The number of carbonyl (C=O) groups is 1. The fraction of sp³-hybridized carbons (Fsp3) is 0.857. The van der Waals surface area contributed by atoms with Crippen molar-refractivity contribution >= 4 is 13.7 Å². The van der Waals surface area contributed by atoms with E-state index in [9.17, 15) is 19.6 Å². The number of nitrogens with one attached hydrogen (secondary N) is 1. The molecular weight excluding hydrogens is 271 g/mol. The predicted molar refractivity (Wildman–Crippen MR) is 55.9 cm³/mol. The zero-order chi connectivity index (χ0) is 13.9. The van der Waals surface area contributed by atoms with Crippen molar-refractivity contribution in [2.45, 2.75) is 24.5 Å². The first-order valence-electron chi connectivity index (χ1n) is 4.95. The van der Waals surface area contributed by atoms with Gasteiger partial charge in [-0.1, -0.05) is 0 Å². The second kappa shape index (κ2) is 6.04. The van der Waals surface area contributed by atoms with Crippen LogP contribution in [-0.2, 0) is 18.6 Å². The van der Waals surface area contributed by atoms with E-state index in [-0.39, 0.29) is 6.54 Å². The molecule has 1 aliphatic heterocycles. The molecule has 0 saturated carbocycles. The van der Waals surface area contributed by atoms with Gasteiger partial charge in [-0.3, -0.25) is 9.32 Å². The van der Waals surface area contributed by atoms with Crippen molar-refractivity contribution in [3.05, 3.63) is 0 Å². The van der Waals surface area contributed by atoms with E-state index in [1.807, 2.05) is 0 Å². The number of aliphatic hydroxyl groups is 2. The third-order valence-electron chi connectivity index (χ3n) is 2.26. The van der Waals surface area contributed by atoms with Crippen LogP contribution in [0.15, 0.2) is 0 Å². The lowest BCUT2D eigenvalue weighted by Crippen LogP contribution is -2.45. The van der Waals surface area contributed by atoms with Crippen molar-refractivity contribution < 1.29 is 38.6 Å². The van der Waals surface area contributed by atoms with Crippen LogP contribution >= 0.6 is 7.82 Å². The molecule has 18 heavy (non-hydrogen) atoms. The quantitative estimate of drug-likeness (QED) is 0.282. The van der Waals surface area contributed by atoms with E-state index in [4.69, 9.17) is 20.3 Å². The van der Waals surface area contributed by atoms with Gasteiger partial charge in [0.2, 0.25) is 5.91 Å². The van der Waals surface area contributed by atoms with Gasteiger partial charge in [0.1, 0.15) is 18.3 Å². The van der Waals surface area contributed by atoms with Gasteiger partial charge < -0.3 is 35.8 Å². The summed E-state index contributed by atoms with van der Waals surface area (Å²) in [6.07, 6.45) is -5.26. The van der Waals surface area contributed by atoms with Gasteiger partial charge in [0.25, 0.3) is 0 Å². The van der Waals surface area contributed by atoms with E-state index in [1.165, 1.54) is 0 Å². The van der Waals surface area contributed by atoms with E-state index in [0.717, 1.165) is 0 Å². The third kappa shape index (κ3) is 4.26. The van der Waals surface area contributed by atoms with Crippen LogP contribution in [-0.4, -0.2) is 63.6 Å². The molecule has 1 amide bonds. The molecule has 0 aliphatic carbocycles. The average molecular weight is 286 g/mol. The summed E-state index contributed by atoms with van der Waals surface area (Å²) in [6, 6.07) is 0. The van der Waals surface area contributed by atoms with Crippen molar-refractivity contribution in [2.24, 2.45) is 5.73 Å². The van der Waals surface area contributed by atoms with Crippen LogP contribution in [0.1, 0.15) is 0 Å². The van der Waals surface area contributed by atoms with Crippen molar-refractivity contribution in [1.82, 2.24) is 5.32 Å². The summed E-state index contributed by atoms with van der Waals surface area (Å²) in [6.45, 7) is -0.955. The Bertz CT molecular complexity index is 346. The first kappa shape index (κ1) is 15.5. The number of rotatable bonds is 5. The zero-order valence-electron chi connectivity index (χ0n) is 9.17. The maximum atomic E-state index is 11.0. The molecule has 7 N–H and O–H groups in total. The van der Waals surface area contributed by atoms with Crippen molar-refractivity contribution in [3.63, 3.8) is 0 Å². The Morgan fingerprint density at radius 2 is 2.00 bits per heavy atom. The van der Waals surface area contributed by atoms with Crippen LogP contribution in [0.3, 0.4) is 0 Å². The average Bonchev–Trinajstić information content (AvgIpc) is 2.53. The molecule has 0 aromatic carbocycles. The van der Waals surface area contributed by atoms with Crippen LogP contribution < -0.4 is 11.1 Å². The van der Waals surface area contributed by atoms with Crippen LogP contribution in [0.25, 0.3) is 0 Å². The van der Waals surface area contributed by atoms with Gasteiger partial charge in [0, 0.05) is 0 Å². The Hall–Kier alpha value is -0.580. The summed E-state index contributed by atoms with van der Waals surface area (Å²) in [5.41, 5.74) is 5.04. The molecule has 4 atom stereocenters. The molecule has 0 radical (unpaired) electrons. The van der Waals surface area contributed by atoms with E-state index in [0.29, 0.717) is 0 Å². The summed E-state index contributed by atoms with van der Waals surface area (Å²) >= 11 is 0. The molecule has 1 rings (SSSR count). The van der Waals surface area contributed by atoms with E-state index >= 15 is 0 Å². The molecule has 1 aliphatic rings. The maximum absolute atomic E-state index is 11.0. The van der Waals surface area contributed by atoms with Crippen molar-refractivity contribution in [3.8, 4) is 0 Å². The van der Waals surface area contributed by atoms with Crippen molar-refractivity contribution in [2.75, 3.05) is 13.2 Å². The SMILES string of the molecule is NCC(=O)N[C@H]1O[C@H](COP(=O)(O)O)[C@@H](O)[C@H]1O. The van der Waals surface area contributed by atoms with Gasteiger partial charge in [-0.15, -0.1) is 0 Å². The minimum atomic E-state index is -4.70. The summed E-state index contributed by atoms with van der Waals surface area (Å²) in [7, 11) is -4.70. The first-order chi connectivity index (χ1) is 8.24. The van der Waals surface area contributed by atoms with E-state index in [2.05, 4.69) is 9.84 Å². The highest BCUT2D eigenvalue weighted by molar-refractivity contribution is 7.46. The van der Waals surface area contributed by atoms with Gasteiger partial charge in [-0.2, -0.15) is 0 Å². The largest absolute Gasteiger partial charge is 0.469 e. The second-order valence-electron chi connectivity index (χ2n) is 3.63. The number of ether oxygens (including phenoxy) is 1. The minimum absolute atomic E-state index is 0.327. The number of aliphatic hydroxyl groups excluding tert-OH is 2. The topological polar surface area (TPSA) is 172 Å². The first-order valence-corrected chi connectivity index (χ1v) is 6.48. The Labute approximate surface area is 102 Å². The Morgan fingerprint density at radius 1 is 1.39 bits per heavy atom. The summed E-state index contributed by atoms with van der Waals surface area (Å²) < 4.78 is 19.6. The fourth-order valence-corrected chi connectivity index (χ4v) is 1.73. The van der Waals surface area contributed by atoms with Gasteiger partial charge >= 0.3 is 7.82 Å². The van der Waals surface area contributed by atoms with Gasteiger partial charge in [0.05, 0.1) is 13.2 Å². The summed E-state index contributed by atoms with van der Waals surface area (Å²) in [5, 5.41) is 21.2.